The zero-order valence-corrected chi connectivity index (χ0v) is 12.6. The molecule has 0 aliphatic carbocycles. The smallest absolute Gasteiger partial charge is 0.128 e. The first kappa shape index (κ1) is 14.7. The summed E-state index contributed by atoms with van der Waals surface area (Å²) in [5.74, 6) is -0.151. The highest BCUT2D eigenvalue weighted by Gasteiger charge is 2.19. The summed E-state index contributed by atoms with van der Waals surface area (Å²) in [5.41, 5.74) is 5.41. The molecule has 1 atom stereocenters. The first-order valence-corrected chi connectivity index (χ1v) is 7.10. The Balaban J connectivity index is 2.56. The Hall–Kier alpha value is -1.67. The molecular formula is C18H22FN. The van der Waals surface area contributed by atoms with Crippen molar-refractivity contribution in [3.05, 3.63) is 70.0 Å². The predicted molar refractivity (Wildman–Crippen MR) is 82.6 cm³/mol. The summed E-state index contributed by atoms with van der Waals surface area (Å²) in [7, 11) is 0. The number of hydrogen-bond donors (Lipinski definition) is 1. The summed E-state index contributed by atoms with van der Waals surface area (Å²) >= 11 is 0. The van der Waals surface area contributed by atoms with Crippen molar-refractivity contribution in [1.29, 1.82) is 0 Å². The van der Waals surface area contributed by atoms with Crippen molar-refractivity contribution in [3.8, 4) is 0 Å². The molecule has 1 N–H and O–H groups in total. The second kappa shape index (κ2) is 6.19. The Morgan fingerprint density at radius 2 is 1.80 bits per heavy atom. The molecule has 106 valence electrons. The van der Waals surface area contributed by atoms with Gasteiger partial charge >= 0.3 is 0 Å². The lowest BCUT2D eigenvalue weighted by molar-refractivity contribution is 0.557. The monoisotopic (exact) mass is 271 g/mol. The molecule has 0 saturated heterocycles. The largest absolute Gasteiger partial charge is 0.306 e. The fourth-order valence-electron chi connectivity index (χ4n) is 2.56. The van der Waals surface area contributed by atoms with E-state index in [1.54, 1.807) is 6.07 Å². The number of halogens is 1. The molecule has 0 aliphatic rings. The van der Waals surface area contributed by atoms with Crippen molar-refractivity contribution in [1.82, 2.24) is 5.32 Å². The van der Waals surface area contributed by atoms with Crippen molar-refractivity contribution in [3.63, 3.8) is 0 Å². The van der Waals surface area contributed by atoms with E-state index in [1.165, 1.54) is 11.1 Å². The van der Waals surface area contributed by atoms with Gasteiger partial charge in [0.2, 0.25) is 0 Å². The van der Waals surface area contributed by atoms with E-state index in [1.807, 2.05) is 32.0 Å². The molecule has 2 aromatic carbocycles. The van der Waals surface area contributed by atoms with Crippen LogP contribution in [0.4, 0.5) is 4.39 Å². The van der Waals surface area contributed by atoms with Gasteiger partial charge in [0.1, 0.15) is 5.82 Å². The quantitative estimate of drug-likeness (QED) is 0.866. The molecule has 2 aromatic rings. The SMILES string of the molecule is CCNC(c1cc(C)ccc1F)c1cccc(C)c1C. The number of benzene rings is 2. The molecular weight excluding hydrogens is 249 g/mol. The zero-order valence-electron chi connectivity index (χ0n) is 12.6. The van der Waals surface area contributed by atoms with E-state index in [4.69, 9.17) is 0 Å². The van der Waals surface area contributed by atoms with E-state index in [0.717, 1.165) is 23.2 Å². The van der Waals surface area contributed by atoms with Crippen molar-refractivity contribution in [2.75, 3.05) is 6.54 Å². The molecule has 0 radical (unpaired) electrons. The predicted octanol–water partition coefficient (Wildman–Crippen LogP) is 4.45. The topological polar surface area (TPSA) is 12.0 Å². The Morgan fingerprint density at radius 3 is 2.50 bits per heavy atom. The van der Waals surface area contributed by atoms with E-state index in [0.29, 0.717) is 0 Å². The zero-order chi connectivity index (χ0) is 14.7. The van der Waals surface area contributed by atoms with Crippen molar-refractivity contribution < 1.29 is 4.39 Å². The summed E-state index contributed by atoms with van der Waals surface area (Å²) < 4.78 is 14.2. The highest BCUT2D eigenvalue weighted by molar-refractivity contribution is 5.41. The van der Waals surface area contributed by atoms with Gasteiger partial charge in [0.05, 0.1) is 6.04 Å². The first-order chi connectivity index (χ1) is 9.54. The summed E-state index contributed by atoms with van der Waals surface area (Å²) in [6.45, 7) is 9.03. The minimum Gasteiger partial charge on any atom is -0.306 e. The lowest BCUT2D eigenvalue weighted by Crippen LogP contribution is -2.24. The average Bonchev–Trinajstić information content (AvgIpc) is 2.43. The number of nitrogens with one attached hydrogen (secondary N) is 1. The van der Waals surface area contributed by atoms with Gasteiger partial charge in [-0.15, -0.1) is 0 Å². The average molecular weight is 271 g/mol. The summed E-state index contributed by atoms with van der Waals surface area (Å²) in [6.07, 6.45) is 0. The molecule has 0 saturated carbocycles. The number of rotatable bonds is 4. The second-order valence-electron chi connectivity index (χ2n) is 5.30. The summed E-state index contributed by atoms with van der Waals surface area (Å²) in [5, 5.41) is 3.41. The molecule has 2 heteroatoms. The fourth-order valence-corrected chi connectivity index (χ4v) is 2.56. The molecule has 0 bridgehead atoms. The fraction of sp³-hybridized carbons (Fsp3) is 0.333. The third kappa shape index (κ3) is 2.91. The lowest BCUT2D eigenvalue weighted by atomic mass is 9.91. The van der Waals surface area contributed by atoms with Crippen molar-refractivity contribution >= 4 is 0 Å². The van der Waals surface area contributed by atoms with Crippen LogP contribution in [0.5, 0.6) is 0 Å². The van der Waals surface area contributed by atoms with Crippen LogP contribution < -0.4 is 5.32 Å². The highest BCUT2D eigenvalue weighted by atomic mass is 19.1. The standard InChI is InChI=1S/C18H22FN/c1-5-20-18(15-8-6-7-13(3)14(15)4)16-11-12(2)9-10-17(16)19/h6-11,18,20H,5H2,1-4H3. The van der Waals surface area contributed by atoms with Crippen LogP contribution in [0, 0.1) is 26.6 Å². The van der Waals surface area contributed by atoms with Crippen LogP contribution in [0.1, 0.15) is 40.8 Å². The molecule has 0 heterocycles. The van der Waals surface area contributed by atoms with Gasteiger partial charge in [-0.25, -0.2) is 4.39 Å². The molecule has 0 aliphatic heterocycles. The molecule has 0 spiro atoms. The van der Waals surface area contributed by atoms with Gasteiger partial charge in [-0.05, 0) is 50.1 Å². The van der Waals surface area contributed by atoms with Gasteiger partial charge in [-0.1, -0.05) is 42.8 Å². The maximum absolute atomic E-state index is 14.2. The maximum atomic E-state index is 14.2. The minimum absolute atomic E-state index is 0.0974. The number of aryl methyl sites for hydroxylation is 2. The lowest BCUT2D eigenvalue weighted by Gasteiger charge is -2.22. The normalized spacial score (nSPS) is 12.4. The Labute approximate surface area is 120 Å². The van der Waals surface area contributed by atoms with Gasteiger partial charge < -0.3 is 5.32 Å². The van der Waals surface area contributed by atoms with Crippen LogP contribution in [0.3, 0.4) is 0 Å². The van der Waals surface area contributed by atoms with Crippen LogP contribution in [-0.4, -0.2) is 6.54 Å². The van der Waals surface area contributed by atoms with Crippen LogP contribution in [-0.2, 0) is 0 Å². The second-order valence-corrected chi connectivity index (χ2v) is 5.30. The van der Waals surface area contributed by atoms with Gasteiger partial charge in [0.15, 0.2) is 0 Å². The van der Waals surface area contributed by atoms with E-state index in [2.05, 4.69) is 31.3 Å². The Bertz CT molecular complexity index is 602. The van der Waals surface area contributed by atoms with E-state index >= 15 is 0 Å². The molecule has 0 aromatic heterocycles. The van der Waals surface area contributed by atoms with Gasteiger partial charge in [0.25, 0.3) is 0 Å². The van der Waals surface area contributed by atoms with Crippen LogP contribution in [0.25, 0.3) is 0 Å². The molecule has 2 rings (SSSR count). The third-order valence-corrected chi connectivity index (χ3v) is 3.83. The third-order valence-electron chi connectivity index (χ3n) is 3.83. The van der Waals surface area contributed by atoms with E-state index in [-0.39, 0.29) is 11.9 Å². The summed E-state index contributed by atoms with van der Waals surface area (Å²) in [4.78, 5) is 0. The Kier molecular flexibility index (Phi) is 4.56. The van der Waals surface area contributed by atoms with Crippen molar-refractivity contribution in [2.45, 2.75) is 33.7 Å². The molecule has 0 amide bonds. The van der Waals surface area contributed by atoms with Crippen LogP contribution in [0.15, 0.2) is 36.4 Å². The van der Waals surface area contributed by atoms with Gasteiger partial charge in [0, 0.05) is 5.56 Å². The van der Waals surface area contributed by atoms with Crippen molar-refractivity contribution in [2.24, 2.45) is 0 Å². The van der Waals surface area contributed by atoms with Crippen LogP contribution in [0.2, 0.25) is 0 Å². The summed E-state index contributed by atoms with van der Waals surface area (Å²) in [6, 6.07) is 11.4. The molecule has 1 nitrogen and oxygen atoms in total. The van der Waals surface area contributed by atoms with Gasteiger partial charge in [-0.3, -0.25) is 0 Å². The van der Waals surface area contributed by atoms with E-state index < -0.39 is 0 Å². The minimum atomic E-state index is -0.151. The molecule has 1 unspecified atom stereocenters. The Morgan fingerprint density at radius 1 is 1.05 bits per heavy atom. The maximum Gasteiger partial charge on any atom is 0.128 e. The molecule has 0 fully saturated rings. The van der Waals surface area contributed by atoms with Gasteiger partial charge in [-0.2, -0.15) is 0 Å². The highest BCUT2D eigenvalue weighted by Crippen LogP contribution is 2.28. The molecule has 20 heavy (non-hydrogen) atoms. The van der Waals surface area contributed by atoms with E-state index in [9.17, 15) is 4.39 Å². The van der Waals surface area contributed by atoms with Crippen LogP contribution >= 0.6 is 0 Å². The number of hydrogen-bond acceptors (Lipinski definition) is 1. The first-order valence-electron chi connectivity index (χ1n) is 7.10.